The topological polar surface area (TPSA) is 67.2 Å². The lowest BCUT2D eigenvalue weighted by atomic mass is 10.1. The van der Waals surface area contributed by atoms with Crippen molar-refractivity contribution < 1.29 is 9.90 Å². The van der Waals surface area contributed by atoms with Gasteiger partial charge in [-0.3, -0.25) is 9.48 Å². The molecule has 0 aliphatic heterocycles. The fourth-order valence-corrected chi connectivity index (χ4v) is 1.67. The Kier molecular flexibility index (Phi) is 5.15. The number of nitrogens with one attached hydrogen (secondary N) is 1. The summed E-state index contributed by atoms with van der Waals surface area (Å²) >= 11 is 0. The lowest BCUT2D eigenvalue weighted by Gasteiger charge is -2.10. The molecular weight excluding hydrogens is 218 g/mol. The summed E-state index contributed by atoms with van der Waals surface area (Å²) in [6.07, 6.45) is 3.19. The van der Waals surface area contributed by atoms with Crippen molar-refractivity contribution in [1.29, 1.82) is 0 Å². The molecule has 0 fully saturated rings. The third-order valence-corrected chi connectivity index (χ3v) is 2.72. The van der Waals surface area contributed by atoms with Crippen molar-refractivity contribution in [2.75, 3.05) is 13.2 Å². The van der Waals surface area contributed by atoms with Gasteiger partial charge in [0.2, 0.25) is 0 Å². The maximum Gasteiger partial charge on any atom is 0.254 e. The van der Waals surface area contributed by atoms with Crippen LogP contribution in [-0.2, 0) is 13.5 Å². The van der Waals surface area contributed by atoms with Crippen molar-refractivity contribution in [3.63, 3.8) is 0 Å². The fraction of sp³-hybridized carbons (Fsp3) is 0.667. The number of amides is 1. The first kappa shape index (κ1) is 13.7. The molecule has 0 saturated heterocycles. The van der Waals surface area contributed by atoms with Crippen LogP contribution in [0.5, 0.6) is 0 Å². The van der Waals surface area contributed by atoms with Gasteiger partial charge < -0.3 is 10.4 Å². The van der Waals surface area contributed by atoms with Crippen LogP contribution in [0.2, 0.25) is 0 Å². The van der Waals surface area contributed by atoms with Crippen LogP contribution in [0.25, 0.3) is 0 Å². The highest BCUT2D eigenvalue weighted by atomic mass is 16.3. The third kappa shape index (κ3) is 3.85. The van der Waals surface area contributed by atoms with Crippen LogP contribution in [0.15, 0.2) is 6.20 Å². The van der Waals surface area contributed by atoms with Crippen molar-refractivity contribution in [3.05, 3.63) is 17.5 Å². The Balaban J connectivity index is 2.57. The van der Waals surface area contributed by atoms with E-state index < -0.39 is 0 Å². The minimum Gasteiger partial charge on any atom is -0.396 e. The number of carbonyl (C=O) groups excluding carboxylic acids is 1. The zero-order chi connectivity index (χ0) is 12.8. The Morgan fingerprint density at radius 3 is 2.94 bits per heavy atom. The summed E-state index contributed by atoms with van der Waals surface area (Å²) in [6.45, 7) is 4.72. The Bertz CT molecular complexity index is 374. The van der Waals surface area contributed by atoms with Crippen LogP contribution in [0.3, 0.4) is 0 Å². The van der Waals surface area contributed by atoms with E-state index in [1.54, 1.807) is 10.9 Å². The highest BCUT2D eigenvalue weighted by molar-refractivity contribution is 5.95. The quantitative estimate of drug-likeness (QED) is 0.769. The summed E-state index contributed by atoms with van der Waals surface area (Å²) in [6, 6.07) is 0. The minimum atomic E-state index is -0.0836. The SMILES string of the molecule is CCc1nn(C)cc1C(=O)NCC(C)CCO. The molecule has 1 rings (SSSR count). The number of aliphatic hydroxyl groups excluding tert-OH is 1. The van der Waals surface area contributed by atoms with E-state index in [0.29, 0.717) is 18.5 Å². The molecule has 0 aliphatic carbocycles. The van der Waals surface area contributed by atoms with Gasteiger partial charge in [0.05, 0.1) is 11.3 Å². The molecular formula is C12H21N3O2. The van der Waals surface area contributed by atoms with Crippen molar-refractivity contribution in [2.45, 2.75) is 26.7 Å². The van der Waals surface area contributed by atoms with Gasteiger partial charge in [-0.05, 0) is 18.8 Å². The molecule has 5 heteroatoms. The molecule has 2 N–H and O–H groups in total. The van der Waals surface area contributed by atoms with Gasteiger partial charge >= 0.3 is 0 Å². The van der Waals surface area contributed by atoms with Crippen molar-refractivity contribution in [1.82, 2.24) is 15.1 Å². The third-order valence-electron chi connectivity index (χ3n) is 2.72. The van der Waals surface area contributed by atoms with Crippen LogP contribution in [0.4, 0.5) is 0 Å². The first-order chi connectivity index (χ1) is 8.08. The maximum atomic E-state index is 11.9. The molecule has 0 aliphatic rings. The number of aliphatic hydroxyl groups is 1. The monoisotopic (exact) mass is 239 g/mol. The zero-order valence-electron chi connectivity index (χ0n) is 10.7. The standard InChI is InChI=1S/C12H21N3O2/c1-4-11-10(8-15(3)14-11)12(17)13-7-9(2)5-6-16/h8-9,16H,4-7H2,1-3H3,(H,13,17). The first-order valence-electron chi connectivity index (χ1n) is 6.00. The fourth-order valence-electron chi connectivity index (χ4n) is 1.67. The normalized spacial score (nSPS) is 12.5. The average molecular weight is 239 g/mol. The summed E-state index contributed by atoms with van der Waals surface area (Å²) in [5.41, 5.74) is 1.46. The summed E-state index contributed by atoms with van der Waals surface area (Å²) in [4.78, 5) is 11.9. The van der Waals surface area contributed by atoms with Crippen LogP contribution < -0.4 is 5.32 Å². The van der Waals surface area contributed by atoms with Gasteiger partial charge in [0, 0.05) is 26.4 Å². The molecule has 1 aromatic heterocycles. The summed E-state index contributed by atoms with van der Waals surface area (Å²) < 4.78 is 1.66. The highest BCUT2D eigenvalue weighted by Crippen LogP contribution is 2.07. The molecule has 96 valence electrons. The Morgan fingerprint density at radius 2 is 2.35 bits per heavy atom. The second kappa shape index (κ2) is 6.39. The van der Waals surface area contributed by atoms with E-state index in [1.807, 2.05) is 20.9 Å². The predicted molar refractivity (Wildman–Crippen MR) is 65.8 cm³/mol. The number of carbonyl (C=O) groups is 1. The zero-order valence-corrected chi connectivity index (χ0v) is 10.7. The van der Waals surface area contributed by atoms with Crippen LogP contribution in [0, 0.1) is 5.92 Å². The van der Waals surface area contributed by atoms with Gasteiger partial charge in [-0.1, -0.05) is 13.8 Å². The van der Waals surface area contributed by atoms with Gasteiger partial charge in [0.25, 0.3) is 5.91 Å². The molecule has 0 bridgehead atoms. The van der Waals surface area contributed by atoms with Gasteiger partial charge in [0.15, 0.2) is 0 Å². The number of hydrogen-bond donors (Lipinski definition) is 2. The summed E-state index contributed by atoms with van der Waals surface area (Å²) in [5, 5.41) is 15.9. The maximum absolute atomic E-state index is 11.9. The van der Waals surface area contributed by atoms with E-state index in [0.717, 1.165) is 12.1 Å². The summed E-state index contributed by atoms with van der Waals surface area (Å²) in [5.74, 6) is 0.199. The van der Waals surface area contributed by atoms with Crippen LogP contribution >= 0.6 is 0 Å². The van der Waals surface area contributed by atoms with E-state index in [1.165, 1.54) is 0 Å². The number of aromatic nitrogens is 2. The van der Waals surface area contributed by atoms with Crippen LogP contribution in [0.1, 0.15) is 36.3 Å². The van der Waals surface area contributed by atoms with E-state index >= 15 is 0 Å². The largest absolute Gasteiger partial charge is 0.396 e. The minimum absolute atomic E-state index is 0.0836. The molecule has 1 unspecified atom stereocenters. The lowest BCUT2D eigenvalue weighted by molar-refractivity contribution is 0.0944. The summed E-state index contributed by atoms with van der Waals surface area (Å²) in [7, 11) is 1.81. The Morgan fingerprint density at radius 1 is 1.65 bits per heavy atom. The Labute approximate surface area is 102 Å². The van der Waals surface area contributed by atoms with E-state index in [9.17, 15) is 4.79 Å². The molecule has 17 heavy (non-hydrogen) atoms. The number of aryl methyl sites for hydroxylation is 2. The smallest absolute Gasteiger partial charge is 0.254 e. The number of nitrogens with zero attached hydrogens (tertiary/aromatic N) is 2. The Hall–Kier alpha value is -1.36. The van der Waals surface area contributed by atoms with E-state index in [4.69, 9.17) is 5.11 Å². The molecule has 5 nitrogen and oxygen atoms in total. The molecule has 0 aromatic carbocycles. The van der Waals surface area contributed by atoms with Crippen LogP contribution in [-0.4, -0.2) is 33.9 Å². The second-order valence-electron chi connectivity index (χ2n) is 4.34. The van der Waals surface area contributed by atoms with Gasteiger partial charge in [-0.2, -0.15) is 5.10 Å². The predicted octanol–water partition coefficient (Wildman–Crippen LogP) is 0.731. The molecule has 1 amide bonds. The van der Waals surface area contributed by atoms with E-state index in [-0.39, 0.29) is 18.4 Å². The highest BCUT2D eigenvalue weighted by Gasteiger charge is 2.14. The molecule has 0 radical (unpaired) electrons. The molecule has 1 heterocycles. The van der Waals surface area contributed by atoms with E-state index in [2.05, 4.69) is 10.4 Å². The molecule has 1 aromatic rings. The molecule has 0 saturated carbocycles. The van der Waals surface area contributed by atoms with Gasteiger partial charge in [-0.25, -0.2) is 0 Å². The van der Waals surface area contributed by atoms with Gasteiger partial charge in [0.1, 0.15) is 0 Å². The number of hydrogen-bond acceptors (Lipinski definition) is 3. The molecule has 0 spiro atoms. The van der Waals surface area contributed by atoms with Crippen molar-refractivity contribution in [3.8, 4) is 0 Å². The van der Waals surface area contributed by atoms with Crippen molar-refractivity contribution >= 4 is 5.91 Å². The lowest BCUT2D eigenvalue weighted by Crippen LogP contribution is -2.29. The first-order valence-corrected chi connectivity index (χ1v) is 6.00. The van der Waals surface area contributed by atoms with Crippen molar-refractivity contribution in [2.24, 2.45) is 13.0 Å². The average Bonchev–Trinajstić information content (AvgIpc) is 2.68. The van der Waals surface area contributed by atoms with Gasteiger partial charge in [-0.15, -0.1) is 0 Å². The molecule has 1 atom stereocenters. The second-order valence-corrected chi connectivity index (χ2v) is 4.34. The number of rotatable bonds is 6.